The van der Waals surface area contributed by atoms with Gasteiger partial charge in [0.1, 0.15) is 0 Å². The fourth-order valence-corrected chi connectivity index (χ4v) is 1.96. The third kappa shape index (κ3) is 3.98. The molecule has 3 N–H and O–H groups in total. The van der Waals surface area contributed by atoms with Gasteiger partial charge in [-0.3, -0.25) is 4.79 Å². The Bertz CT molecular complexity index is 498. The van der Waals surface area contributed by atoms with Crippen LogP contribution in [0.5, 0.6) is 0 Å². The summed E-state index contributed by atoms with van der Waals surface area (Å²) in [5.74, 6) is -0.558. The lowest BCUT2D eigenvalue weighted by Gasteiger charge is -2.23. The molecule has 0 spiro atoms. The molecule has 0 saturated carbocycles. The quantitative estimate of drug-likeness (QED) is 0.784. The van der Waals surface area contributed by atoms with E-state index in [-0.39, 0.29) is 11.5 Å². The van der Waals surface area contributed by atoms with Crippen molar-refractivity contribution in [3.8, 4) is 0 Å². The molecule has 0 bridgehead atoms. The van der Waals surface area contributed by atoms with Crippen LogP contribution < -0.4 is 10.6 Å². The minimum Gasteiger partial charge on any atom is -0.478 e. The Kier molecular flexibility index (Phi) is 5.55. The Morgan fingerprint density at radius 1 is 1.35 bits per heavy atom. The van der Waals surface area contributed by atoms with Crippen LogP contribution in [0.2, 0.25) is 0 Å². The summed E-state index contributed by atoms with van der Waals surface area (Å²) < 4.78 is 0. The van der Waals surface area contributed by atoms with Crippen LogP contribution in [0.1, 0.15) is 44.0 Å². The molecule has 1 aromatic carbocycles. The molecule has 0 heterocycles. The summed E-state index contributed by atoms with van der Waals surface area (Å²) in [6.07, 6.45) is 1.29. The average molecular weight is 278 g/mol. The van der Waals surface area contributed by atoms with Gasteiger partial charge in [0, 0.05) is 13.0 Å². The lowest BCUT2D eigenvalue weighted by molar-refractivity contribution is -0.118. The highest BCUT2D eigenvalue weighted by Crippen LogP contribution is 2.25. The van der Waals surface area contributed by atoms with E-state index in [1.54, 1.807) is 11.0 Å². The first-order valence-electron chi connectivity index (χ1n) is 6.80. The average Bonchev–Trinajstić information content (AvgIpc) is 2.38. The highest BCUT2D eigenvalue weighted by atomic mass is 16.4. The van der Waals surface area contributed by atoms with Gasteiger partial charge in [-0.15, -0.1) is 0 Å². The highest BCUT2D eigenvalue weighted by molar-refractivity contribution is 5.98. The van der Waals surface area contributed by atoms with Gasteiger partial charge in [-0.05, 0) is 37.5 Å². The van der Waals surface area contributed by atoms with Gasteiger partial charge in [0.2, 0.25) is 5.91 Å². The van der Waals surface area contributed by atoms with Gasteiger partial charge in [-0.25, -0.2) is 4.79 Å². The predicted octanol–water partition coefficient (Wildman–Crippen LogP) is 2.76. The molecule has 5 heteroatoms. The number of nitrogen functional groups attached to an aromatic ring is 1. The van der Waals surface area contributed by atoms with Crippen molar-refractivity contribution in [2.24, 2.45) is 5.92 Å². The van der Waals surface area contributed by atoms with E-state index in [0.717, 1.165) is 6.42 Å². The summed E-state index contributed by atoms with van der Waals surface area (Å²) >= 11 is 0. The van der Waals surface area contributed by atoms with Crippen molar-refractivity contribution >= 4 is 23.3 Å². The van der Waals surface area contributed by atoms with Crippen molar-refractivity contribution in [2.45, 2.75) is 33.6 Å². The van der Waals surface area contributed by atoms with E-state index in [9.17, 15) is 9.59 Å². The molecule has 0 aliphatic heterocycles. The fourth-order valence-electron chi connectivity index (χ4n) is 1.96. The van der Waals surface area contributed by atoms with Crippen molar-refractivity contribution in [1.82, 2.24) is 0 Å². The van der Waals surface area contributed by atoms with Crippen LogP contribution in [0.15, 0.2) is 18.2 Å². The maximum absolute atomic E-state index is 12.2. The van der Waals surface area contributed by atoms with Crippen LogP contribution >= 0.6 is 0 Å². The molecular weight excluding hydrogens is 256 g/mol. The van der Waals surface area contributed by atoms with Crippen LogP contribution in [0, 0.1) is 5.92 Å². The largest absolute Gasteiger partial charge is 0.478 e. The maximum Gasteiger partial charge on any atom is 0.335 e. The van der Waals surface area contributed by atoms with Crippen molar-refractivity contribution < 1.29 is 14.7 Å². The van der Waals surface area contributed by atoms with E-state index in [1.165, 1.54) is 12.1 Å². The molecule has 0 aliphatic carbocycles. The van der Waals surface area contributed by atoms with Gasteiger partial charge < -0.3 is 15.7 Å². The second-order valence-corrected chi connectivity index (χ2v) is 5.15. The van der Waals surface area contributed by atoms with Gasteiger partial charge in [0.15, 0.2) is 0 Å². The number of aromatic carboxylic acids is 1. The molecule has 0 fully saturated rings. The van der Waals surface area contributed by atoms with E-state index in [4.69, 9.17) is 10.8 Å². The van der Waals surface area contributed by atoms with Gasteiger partial charge in [-0.2, -0.15) is 0 Å². The van der Waals surface area contributed by atoms with Crippen LogP contribution in [-0.4, -0.2) is 23.5 Å². The minimum atomic E-state index is -1.03. The number of carbonyl (C=O) groups is 2. The first kappa shape index (κ1) is 16.0. The molecule has 0 atom stereocenters. The molecule has 1 rings (SSSR count). The van der Waals surface area contributed by atoms with Crippen molar-refractivity contribution in [3.63, 3.8) is 0 Å². The van der Waals surface area contributed by atoms with Crippen LogP contribution in [0.3, 0.4) is 0 Å². The maximum atomic E-state index is 12.2. The number of hydrogen-bond donors (Lipinski definition) is 2. The molecule has 5 nitrogen and oxygen atoms in total. The van der Waals surface area contributed by atoms with Crippen LogP contribution in [0.4, 0.5) is 11.4 Å². The molecule has 0 saturated heterocycles. The highest BCUT2D eigenvalue weighted by Gasteiger charge is 2.17. The number of carboxylic acid groups (broad SMARTS) is 1. The number of anilines is 2. The van der Waals surface area contributed by atoms with Gasteiger partial charge in [-0.1, -0.05) is 13.8 Å². The minimum absolute atomic E-state index is 0.0102. The monoisotopic (exact) mass is 278 g/mol. The first-order valence-corrected chi connectivity index (χ1v) is 6.80. The number of hydrogen-bond acceptors (Lipinski definition) is 3. The lowest BCUT2D eigenvalue weighted by Crippen LogP contribution is -2.31. The molecule has 20 heavy (non-hydrogen) atoms. The summed E-state index contributed by atoms with van der Waals surface area (Å²) in [5.41, 5.74) is 6.88. The molecule has 1 amide bonds. The summed E-state index contributed by atoms with van der Waals surface area (Å²) in [4.78, 5) is 24.7. The Morgan fingerprint density at radius 2 is 2.00 bits per heavy atom. The van der Waals surface area contributed by atoms with Gasteiger partial charge >= 0.3 is 5.97 Å². The Hall–Kier alpha value is -2.04. The molecule has 0 aromatic heterocycles. The molecule has 110 valence electrons. The zero-order valence-corrected chi connectivity index (χ0v) is 12.2. The summed E-state index contributed by atoms with van der Waals surface area (Å²) in [6.45, 7) is 6.52. The predicted molar refractivity (Wildman–Crippen MR) is 79.9 cm³/mol. The third-order valence-corrected chi connectivity index (χ3v) is 3.12. The van der Waals surface area contributed by atoms with E-state index in [0.29, 0.717) is 30.3 Å². The number of amides is 1. The summed E-state index contributed by atoms with van der Waals surface area (Å²) in [6, 6.07) is 4.44. The molecular formula is C15H22N2O3. The van der Waals surface area contributed by atoms with E-state index >= 15 is 0 Å². The van der Waals surface area contributed by atoms with E-state index in [2.05, 4.69) is 13.8 Å². The van der Waals surface area contributed by atoms with Crippen molar-refractivity contribution in [2.75, 3.05) is 17.2 Å². The standard InChI is InChI=1S/C15H22N2O3/c1-4-17(14(18)8-5-10(2)3)13-7-6-11(15(19)20)9-12(13)16/h6-7,9-10H,4-5,8,16H2,1-3H3,(H,19,20). The number of nitrogens with two attached hydrogens (primary N) is 1. The number of carbonyl (C=O) groups excluding carboxylic acids is 1. The van der Waals surface area contributed by atoms with E-state index in [1.807, 2.05) is 6.92 Å². The number of benzene rings is 1. The Balaban J connectivity index is 2.95. The summed E-state index contributed by atoms with van der Waals surface area (Å²) in [5, 5.41) is 8.91. The molecule has 0 unspecified atom stereocenters. The molecule has 0 radical (unpaired) electrons. The topological polar surface area (TPSA) is 83.6 Å². The van der Waals surface area contributed by atoms with E-state index < -0.39 is 5.97 Å². The number of nitrogens with zero attached hydrogens (tertiary/aromatic N) is 1. The third-order valence-electron chi connectivity index (χ3n) is 3.12. The van der Waals surface area contributed by atoms with Crippen molar-refractivity contribution in [1.29, 1.82) is 0 Å². The Morgan fingerprint density at radius 3 is 2.45 bits per heavy atom. The van der Waals surface area contributed by atoms with Crippen LogP contribution in [-0.2, 0) is 4.79 Å². The van der Waals surface area contributed by atoms with Crippen LogP contribution in [0.25, 0.3) is 0 Å². The molecule has 1 aromatic rings. The smallest absolute Gasteiger partial charge is 0.335 e. The normalized spacial score (nSPS) is 10.6. The second-order valence-electron chi connectivity index (χ2n) is 5.15. The SMILES string of the molecule is CCN(C(=O)CCC(C)C)c1ccc(C(=O)O)cc1N. The van der Waals surface area contributed by atoms with Crippen molar-refractivity contribution in [3.05, 3.63) is 23.8 Å². The number of carboxylic acids is 1. The summed E-state index contributed by atoms with van der Waals surface area (Å²) in [7, 11) is 0. The molecule has 0 aliphatic rings. The van der Waals surface area contributed by atoms with Gasteiger partial charge in [0.25, 0.3) is 0 Å². The lowest BCUT2D eigenvalue weighted by atomic mass is 10.1. The Labute approximate surface area is 119 Å². The fraction of sp³-hybridized carbons (Fsp3) is 0.467. The zero-order valence-electron chi connectivity index (χ0n) is 12.2. The number of rotatable bonds is 6. The second kappa shape index (κ2) is 6.93. The van der Waals surface area contributed by atoms with Gasteiger partial charge in [0.05, 0.1) is 16.9 Å². The first-order chi connectivity index (χ1) is 9.36. The zero-order chi connectivity index (χ0) is 15.3.